The number of aryl methyl sites for hydroxylation is 2. The molecule has 5 rings (SSSR count). The Kier molecular flexibility index (Phi) is 6.00. The van der Waals surface area contributed by atoms with Gasteiger partial charge in [-0.2, -0.15) is 0 Å². The average Bonchev–Trinajstić information content (AvgIpc) is 3.26. The zero-order chi connectivity index (χ0) is 22.6. The van der Waals surface area contributed by atoms with Crippen molar-refractivity contribution in [3.8, 4) is 22.8 Å². The van der Waals surface area contributed by atoms with E-state index in [1.54, 1.807) is 24.3 Å². The highest BCUT2D eigenvalue weighted by Gasteiger charge is 2.21. The maximum atomic E-state index is 12.5. The number of Topliss-reactive ketones (excluding diaryl/α,β-unsaturated/α-hetero) is 1. The van der Waals surface area contributed by atoms with Crippen molar-refractivity contribution in [3.63, 3.8) is 0 Å². The monoisotopic (exact) mass is 454 g/mol. The molecule has 0 fully saturated rings. The number of nitrogens with zero attached hydrogens (tertiary/aromatic N) is 1. The Labute approximate surface area is 196 Å². The van der Waals surface area contributed by atoms with Crippen molar-refractivity contribution < 1.29 is 14.3 Å². The molecule has 0 unspecified atom stereocenters. The van der Waals surface area contributed by atoms with E-state index in [1.165, 1.54) is 21.8 Å². The molecule has 0 saturated heterocycles. The average molecular weight is 455 g/mol. The molecule has 1 amide bonds. The van der Waals surface area contributed by atoms with Crippen LogP contribution in [0.4, 0.5) is 5.13 Å². The molecule has 164 valence electrons. The number of ketones is 1. The highest BCUT2D eigenvalue weighted by Crippen LogP contribution is 2.38. The molecule has 1 heterocycles. The third-order valence-electron chi connectivity index (χ3n) is 5.57. The van der Waals surface area contributed by atoms with Crippen molar-refractivity contribution in [1.82, 2.24) is 4.98 Å². The van der Waals surface area contributed by atoms with Crippen molar-refractivity contribution in [2.45, 2.75) is 25.7 Å². The van der Waals surface area contributed by atoms with Gasteiger partial charge in [0.15, 0.2) is 10.9 Å². The molecule has 0 atom stereocenters. The number of anilines is 1. The molecule has 0 saturated carbocycles. The van der Waals surface area contributed by atoms with Crippen LogP contribution in [0.5, 0.6) is 11.5 Å². The number of hydrogen-bond donors (Lipinski definition) is 1. The summed E-state index contributed by atoms with van der Waals surface area (Å²) in [5, 5.41) is 3.46. The number of aromatic nitrogens is 1. The second-order valence-electron chi connectivity index (χ2n) is 7.86. The molecular weight excluding hydrogens is 432 g/mol. The van der Waals surface area contributed by atoms with Gasteiger partial charge in [0.05, 0.1) is 5.69 Å². The van der Waals surface area contributed by atoms with E-state index in [2.05, 4.69) is 22.4 Å². The van der Waals surface area contributed by atoms with Gasteiger partial charge in [0.2, 0.25) is 5.91 Å². The SMILES string of the molecule is O=C(CCC(=O)c1ccc(Oc2ccccc2)cc1)Nc1nc2c(s1)CCc1ccccc1-2. The van der Waals surface area contributed by atoms with Crippen LogP contribution in [-0.2, 0) is 17.6 Å². The first kappa shape index (κ1) is 21.1. The largest absolute Gasteiger partial charge is 0.457 e. The van der Waals surface area contributed by atoms with Crippen LogP contribution in [0.2, 0.25) is 0 Å². The number of carbonyl (C=O) groups excluding carboxylic acids is 2. The number of amides is 1. The summed E-state index contributed by atoms with van der Waals surface area (Å²) in [6.45, 7) is 0. The fourth-order valence-corrected chi connectivity index (χ4v) is 4.88. The molecule has 5 nitrogen and oxygen atoms in total. The molecule has 33 heavy (non-hydrogen) atoms. The van der Waals surface area contributed by atoms with Crippen LogP contribution in [-0.4, -0.2) is 16.7 Å². The van der Waals surface area contributed by atoms with Gasteiger partial charge in [-0.25, -0.2) is 4.98 Å². The molecule has 1 N–H and O–H groups in total. The maximum absolute atomic E-state index is 12.5. The lowest BCUT2D eigenvalue weighted by atomic mass is 9.94. The first-order chi connectivity index (χ1) is 16.2. The van der Waals surface area contributed by atoms with Crippen LogP contribution < -0.4 is 10.1 Å². The summed E-state index contributed by atoms with van der Waals surface area (Å²) in [6, 6.07) is 24.7. The van der Waals surface area contributed by atoms with E-state index >= 15 is 0 Å². The van der Waals surface area contributed by atoms with Crippen molar-refractivity contribution in [2.24, 2.45) is 0 Å². The van der Waals surface area contributed by atoms with Crippen LogP contribution in [0.1, 0.15) is 33.6 Å². The first-order valence-electron chi connectivity index (χ1n) is 10.9. The molecule has 1 aromatic heterocycles. The van der Waals surface area contributed by atoms with Crippen LogP contribution in [0, 0.1) is 0 Å². The molecule has 1 aliphatic carbocycles. The fourth-order valence-electron chi connectivity index (χ4n) is 3.89. The zero-order valence-corrected chi connectivity index (χ0v) is 18.7. The Morgan fingerprint density at radius 3 is 2.39 bits per heavy atom. The van der Waals surface area contributed by atoms with Crippen molar-refractivity contribution >= 4 is 28.2 Å². The van der Waals surface area contributed by atoms with Gasteiger partial charge in [-0.05, 0) is 54.8 Å². The van der Waals surface area contributed by atoms with Crippen molar-refractivity contribution in [2.75, 3.05) is 5.32 Å². The second-order valence-corrected chi connectivity index (χ2v) is 8.94. The first-order valence-corrected chi connectivity index (χ1v) is 11.7. The fraction of sp³-hybridized carbons (Fsp3) is 0.148. The van der Waals surface area contributed by atoms with Gasteiger partial charge in [-0.3, -0.25) is 9.59 Å². The Morgan fingerprint density at radius 2 is 1.58 bits per heavy atom. The molecule has 0 aliphatic heterocycles. The van der Waals surface area contributed by atoms with Gasteiger partial charge in [-0.15, -0.1) is 11.3 Å². The Balaban J connectivity index is 1.16. The quantitative estimate of drug-likeness (QED) is 0.333. The van der Waals surface area contributed by atoms with Crippen LogP contribution >= 0.6 is 11.3 Å². The third kappa shape index (κ3) is 4.86. The number of carbonyl (C=O) groups is 2. The predicted octanol–water partition coefficient (Wildman–Crippen LogP) is 6.30. The maximum Gasteiger partial charge on any atom is 0.226 e. The van der Waals surface area contributed by atoms with Gasteiger partial charge in [-0.1, -0.05) is 42.5 Å². The number of thiazole rings is 1. The highest BCUT2D eigenvalue weighted by atomic mass is 32.1. The second kappa shape index (κ2) is 9.38. The number of hydrogen-bond acceptors (Lipinski definition) is 5. The topological polar surface area (TPSA) is 68.3 Å². The van der Waals surface area contributed by atoms with Gasteiger partial charge in [0, 0.05) is 28.8 Å². The highest BCUT2D eigenvalue weighted by molar-refractivity contribution is 7.16. The molecule has 6 heteroatoms. The summed E-state index contributed by atoms with van der Waals surface area (Å²) in [7, 11) is 0. The van der Waals surface area contributed by atoms with E-state index in [0.29, 0.717) is 16.4 Å². The van der Waals surface area contributed by atoms with Crippen molar-refractivity contribution in [1.29, 1.82) is 0 Å². The van der Waals surface area contributed by atoms with Crippen molar-refractivity contribution in [3.05, 3.63) is 94.9 Å². The lowest BCUT2D eigenvalue weighted by molar-refractivity contribution is -0.116. The normalized spacial score (nSPS) is 11.9. The lowest BCUT2D eigenvalue weighted by Gasteiger charge is -2.13. The summed E-state index contributed by atoms with van der Waals surface area (Å²) >= 11 is 1.52. The van der Waals surface area contributed by atoms with E-state index in [1.807, 2.05) is 42.5 Å². The van der Waals surface area contributed by atoms with Crippen LogP contribution in [0.25, 0.3) is 11.3 Å². The minimum atomic E-state index is -0.202. The summed E-state index contributed by atoms with van der Waals surface area (Å²) in [5.74, 6) is 1.11. The minimum absolute atomic E-state index is 0.0798. The molecular formula is C27H22N2O3S. The summed E-state index contributed by atoms with van der Waals surface area (Å²) in [4.78, 5) is 30.8. The Morgan fingerprint density at radius 1 is 0.848 bits per heavy atom. The summed E-state index contributed by atoms with van der Waals surface area (Å²) < 4.78 is 5.75. The predicted molar refractivity (Wildman–Crippen MR) is 130 cm³/mol. The molecule has 0 spiro atoms. The van der Waals surface area contributed by atoms with E-state index in [0.717, 1.165) is 29.8 Å². The van der Waals surface area contributed by atoms with E-state index in [4.69, 9.17) is 4.74 Å². The van der Waals surface area contributed by atoms with E-state index in [-0.39, 0.29) is 24.5 Å². The van der Waals surface area contributed by atoms with Gasteiger partial charge >= 0.3 is 0 Å². The van der Waals surface area contributed by atoms with Crippen LogP contribution in [0.3, 0.4) is 0 Å². The van der Waals surface area contributed by atoms with E-state index < -0.39 is 0 Å². The molecule has 0 radical (unpaired) electrons. The smallest absolute Gasteiger partial charge is 0.226 e. The number of fused-ring (bicyclic) bond motifs is 3. The number of nitrogens with one attached hydrogen (secondary N) is 1. The molecule has 0 bridgehead atoms. The Hall–Kier alpha value is -3.77. The minimum Gasteiger partial charge on any atom is -0.457 e. The Bertz CT molecular complexity index is 1300. The third-order valence-corrected chi connectivity index (χ3v) is 6.60. The number of benzene rings is 3. The van der Waals surface area contributed by atoms with Gasteiger partial charge in [0.1, 0.15) is 11.5 Å². The number of ether oxygens (including phenoxy) is 1. The number of rotatable bonds is 7. The zero-order valence-electron chi connectivity index (χ0n) is 17.9. The summed E-state index contributed by atoms with van der Waals surface area (Å²) in [5.41, 5.74) is 3.96. The molecule has 4 aromatic rings. The lowest BCUT2D eigenvalue weighted by Crippen LogP contribution is -2.13. The van der Waals surface area contributed by atoms with Crippen LogP contribution in [0.15, 0.2) is 78.9 Å². The number of para-hydroxylation sites is 1. The van der Waals surface area contributed by atoms with E-state index in [9.17, 15) is 9.59 Å². The summed E-state index contributed by atoms with van der Waals surface area (Å²) in [6.07, 6.45) is 2.17. The van der Waals surface area contributed by atoms with Gasteiger partial charge in [0.25, 0.3) is 0 Å². The van der Waals surface area contributed by atoms with Gasteiger partial charge < -0.3 is 10.1 Å². The molecule has 3 aromatic carbocycles. The molecule has 1 aliphatic rings. The standard InChI is InChI=1S/C27H22N2O3S/c30-23(19-10-13-21(14-11-19)32-20-7-2-1-3-8-20)15-17-25(31)28-27-29-26-22-9-5-4-6-18(22)12-16-24(26)33-27/h1-11,13-14H,12,15-17H2,(H,28,29,31).